The Bertz CT molecular complexity index is 207. The van der Waals surface area contributed by atoms with Gasteiger partial charge in [0.25, 0.3) is 0 Å². The van der Waals surface area contributed by atoms with E-state index in [1.165, 1.54) is 83.5 Å². The molecule has 0 atom stereocenters. The fourth-order valence-electron chi connectivity index (χ4n) is 2.65. The SMILES string of the molecule is CCCCCCCCCCCCCCCCCC(=O)O.[SrH2]. The van der Waals surface area contributed by atoms with Crippen LogP contribution in [-0.4, -0.2) is 56.6 Å². The number of carbonyl (C=O) groups is 1. The molecule has 124 valence electrons. The summed E-state index contributed by atoms with van der Waals surface area (Å²) in [5.74, 6) is -0.653. The van der Waals surface area contributed by atoms with E-state index in [-0.39, 0.29) is 45.5 Å². The molecule has 0 bridgehead atoms. The van der Waals surface area contributed by atoms with Crippen LogP contribution in [0.5, 0.6) is 0 Å². The summed E-state index contributed by atoms with van der Waals surface area (Å²) in [4.78, 5) is 10.3. The zero-order valence-corrected chi connectivity index (χ0v) is 13.7. The molecule has 0 aliphatic carbocycles. The van der Waals surface area contributed by atoms with Gasteiger partial charge in [-0.1, -0.05) is 96.8 Å². The van der Waals surface area contributed by atoms with Gasteiger partial charge in [0.1, 0.15) is 0 Å². The number of carboxylic acids is 1. The molecule has 0 aromatic rings. The molecule has 0 saturated heterocycles. The second-order valence-electron chi connectivity index (χ2n) is 6.09. The second-order valence-corrected chi connectivity index (χ2v) is 6.09. The topological polar surface area (TPSA) is 37.3 Å². The summed E-state index contributed by atoms with van der Waals surface area (Å²) < 4.78 is 0. The molecule has 2 nitrogen and oxygen atoms in total. The van der Waals surface area contributed by atoms with Gasteiger partial charge in [0.15, 0.2) is 0 Å². The Morgan fingerprint density at radius 3 is 1.19 bits per heavy atom. The van der Waals surface area contributed by atoms with Crippen LogP contribution in [0.25, 0.3) is 0 Å². The Balaban J connectivity index is 0. The summed E-state index contributed by atoms with van der Waals surface area (Å²) in [5, 5.41) is 8.52. The second kappa shape index (κ2) is 21.0. The van der Waals surface area contributed by atoms with E-state index in [4.69, 9.17) is 5.11 Å². The van der Waals surface area contributed by atoms with E-state index in [1.807, 2.05) is 0 Å². The molecule has 0 aliphatic rings. The van der Waals surface area contributed by atoms with Crippen LogP contribution in [0.4, 0.5) is 0 Å². The van der Waals surface area contributed by atoms with Gasteiger partial charge in [0.2, 0.25) is 0 Å². The third kappa shape index (κ3) is 23.3. The molecule has 0 aliphatic heterocycles. The molecule has 0 unspecified atom stereocenters. The Labute approximate surface area is 169 Å². The summed E-state index contributed by atoms with van der Waals surface area (Å²) in [6.45, 7) is 2.27. The van der Waals surface area contributed by atoms with E-state index in [0.717, 1.165) is 12.8 Å². The molecule has 0 rings (SSSR count). The molecule has 0 aromatic carbocycles. The molecule has 21 heavy (non-hydrogen) atoms. The van der Waals surface area contributed by atoms with Crippen molar-refractivity contribution in [3.05, 3.63) is 0 Å². The number of unbranched alkanes of at least 4 members (excludes halogenated alkanes) is 14. The molecular weight excluding hydrogens is 336 g/mol. The normalized spacial score (nSPS) is 10.3. The van der Waals surface area contributed by atoms with Gasteiger partial charge in [0, 0.05) is 6.42 Å². The van der Waals surface area contributed by atoms with Crippen molar-refractivity contribution in [2.75, 3.05) is 0 Å². The van der Waals surface area contributed by atoms with Gasteiger partial charge in [-0.2, -0.15) is 0 Å². The molecule has 0 heterocycles. The Morgan fingerprint density at radius 1 is 0.619 bits per heavy atom. The van der Waals surface area contributed by atoms with Crippen LogP contribution in [0.3, 0.4) is 0 Å². The van der Waals surface area contributed by atoms with Gasteiger partial charge in [-0.25, -0.2) is 0 Å². The van der Waals surface area contributed by atoms with Crippen molar-refractivity contribution in [1.29, 1.82) is 0 Å². The summed E-state index contributed by atoms with van der Waals surface area (Å²) in [7, 11) is 0. The number of hydrogen-bond acceptors (Lipinski definition) is 1. The van der Waals surface area contributed by atoms with Crippen LogP contribution >= 0.6 is 0 Å². The van der Waals surface area contributed by atoms with Crippen molar-refractivity contribution in [2.24, 2.45) is 0 Å². The van der Waals surface area contributed by atoms with Crippen molar-refractivity contribution >= 4 is 51.5 Å². The third-order valence-electron chi connectivity index (χ3n) is 3.99. The first-order valence-corrected chi connectivity index (χ1v) is 8.99. The number of carboxylic acid groups (broad SMARTS) is 1. The van der Waals surface area contributed by atoms with Crippen molar-refractivity contribution in [2.45, 2.75) is 110 Å². The fourth-order valence-corrected chi connectivity index (χ4v) is 2.65. The zero-order valence-electron chi connectivity index (χ0n) is 13.7. The van der Waals surface area contributed by atoms with E-state index in [9.17, 15) is 4.79 Å². The van der Waals surface area contributed by atoms with E-state index in [1.54, 1.807) is 0 Å². The van der Waals surface area contributed by atoms with E-state index in [2.05, 4.69) is 6.92 Å². The monoisotopic (exact) mass is 374 g/mol. The van der Waals surface area contributed by atoms with Gasteiger partial charge < -0.3 is 5.11 Å². The molecule has 3 heteroatoms. The summed E-state index contributed by atoms with van der Waals surface area (Å²) in [6.07, 6.45) is 20.2. The molecule has 0 saturated carbocycles. The van der Waals surface area contributed by atoms with Crippen LogP contribution < -0.4 is 0 Å². The Morgan fingerprint density at radius 2 is 0.905 bits per heavy atom. The predicted octanol–water partition coefficient (Wildman–Crippen LogP) is 5.42. The minimum absolute atomic E-state index is 0. The quantitative estimate of drug-likeness (QED) is 0.290. The van der Waals surface area contributed by atoms with Crippen LogP contribution in [-0.2, 0) is 4.79 Å². The van der Waals surface area contributed by atoms with Crippen LogP contribution in [0.15, 0.2) is 0 Å². The van der Waals surface area contributed by atoms with E-state index in [0.29, 0.717) is 6.42 Å². The van der Waals surface area contributed by atoms with Crippen molar-refractivity contribution in [3.63, 3.8) is 0 Å². The summed E-state index contributed by atoms with van der Waals surface area (Å²) in [5.41, 5.74) is 0. The first-order chi connectivity index (χ1) is 9.77. The molecule has 0 amide bonds. The van der Waals surface area contributed by atoms with Crippen molar-refractivity contribution < 1.29 is 9.90 Å². The Hall–Kier alpha value is 0.951. The average Bonchev–Trinajstić information content (AvgIpc) is 2.43. The molecule has 1 N–H and O–H groups in total. The van der Waals surface area contributed by atoms with Crippen LogP contribution in [0.1, 0.15) is 110 Å². The summed E-state index contributed by atoms with van der Waals surface area (Å²) in [6, 6.07) is 0. The van der Waals surface area contributed by atoms with Gasteiger partial charge in [-0.3, -0.25) is 4.79 Å². The first kappa shape index (κ1) is 24.2. The van der Waals surface area contributed by atoms with Gasteiger partial charge in [0.05, 0.1) is 0 Å². The van der Waals surface area contributed by atoms with Crippen LogP contribution in [0, 0.1) is 0 Å². The maximum absolute atomic E-state index is 10.3. The molecule has 0 aromatic heterocycles. The number of hydrogen-bond donors (Lipinski definition) is 1. The average molecular weight is 374 g/mol. The molecule has 0 spiro atoms. The van der Waals surface area contributed by atoms with Gasteiger partial charge >= 0.3 is 51.5 Å². The minimum atomic E-state index is -0.653. The third-order valence-corrected chi connectivity index (χ3v) is 3.99. The zero-order chi connectivity index (χ0) is 14.9. The predicted molar refractivity (Wildman–Crippen MR) is 95.7 cm³/mol. The Kier molecular flexibility index (Phi) is 24.1. The van der Waals surface area contributed by atoms with Gasteiger partial charge in [-0.15, -0.1) is 0 Å². The molecular formula is C18H38O2Sr. The molecule has 0 fully saturated rings. The molecule has 0 radical (unpaired) electrons. The first-order valence-electron chi connectivity index (χ1n) is 8.99. The van der Waals surface area contributed by atoms with Gasteiger partial charge in [-0.05, 0) is 6.42 Å². The summed E-state index contributed by atoms with van der Waals surface area (Å²) >= 11 is 0. The van der Waals surface area contributed by atoms with E-state index >= 15 is 0 Å². The fraction of sp³-hybridized carbons (Fsp3) is 0.944. The van der Waals surface area contributed by atoms with Crippen molar-refractivity contribution in [3.8, 4) is 0 Å². The van der Waals surface area contributed by atoms with E-state index < -0.39 is 5.97 Å². The number of aliphatic carboxylic acids is 1. The standard InChI is InChI=1S/C18H36O2.Sr.2H/c1-2-3-4-5-6-7-8-9-10-11-12-13-14-15-16-17-18(19)20;;;/h2-17H2,1H3,(H,19,20);;;. The maximum atomic E-state index is 10.3. The van der Waals surface area contributed by atoms with Crippen molar-refractivity contribution in [1.82, 2.24) is 0 Å². The number of rotatable bonds is 16. The van der Waals surface area contributed by atoms with Crippen LogP contribution in [0.2, 0.25) is 0 Å².